The molecule has 0 aliphatic rings. The number of allylic oxidation sites excluding steroid dienone is 1. The smallest absolute Gasteiger partial charge is 0.341 e. The Bertz CT molecular complexity index is 914. The van der Waals surface area contributed by atoms with Gasteiger partial charge >= 0.3 is 5.97 Å². The number of carbonyl (C=O) groups is 1. The number of hydrogen-bond donors (Lipinski definition) is 0. The van der Waals surface area contributed by atoms with Crippen molar-refractivity contribution in [3.63, 3.8) is 0 Å². The van der Waals surface area contributed by atoms with Gasteiger partial charge in [-0.15, -0.1) is 11.8 Å². The molecule has 0 aromatic heterocycles. The Morgan fingerprint density at radius 2 is 1.80 bits per heavy atom. The number of halogens is 2. The third-order valence-electron chi connectivity index (χ3n) is 3.97. The Morgan fingerprint density at radius 1 is 1.17 bits per heavy atom. The molecule has 6 heteroatoms. The molecular weight excluding hydrogens is 528 g/mol. The highest BCUT2D eigenvalue weighted by atomic mass is 79.9. The maximum atomic E-state index is 12.7. The summed E-state index contributed by atoms with van der Waals surface area (Å²) in [7, 11) is 0. The molecule has 0 fully saturated rings. The fourth-order valence-electron chi connectivity index (χ4n) is 2.70. The second-order valence-electron chi connectivity index (χ2n) is 8.09. The van der Waals surface area contributed by atoms with Crippen molar-refractivity contribution in [2.45, 2.75) is 57.6 Å². The highest BCUT2D eigenvalue weighted by Gasteiger charge is 2.26. The molecule has 0 bridgehead atoms. The van der Waals surface area contributed by atoms with Crippen LogP contribution in [0.25, 0.3) is 6.08 Å². The van der Waals surface area contributed by atoms with Gasteiger partial charge in [0.15, 0.2) is 0 Å². The molecule has 0 saturated carbocycles. The Morgan fingerprint density at radius 3 is 2.33 bits per heavy atom. The number of benzene rings is 2. The molecule has 162 valence electrons. The molecule has 0 unspecified atom stereocenters. The third kappa shape index (κ3) is 7.17. The summed E-state index contributed by atoms with van der Waals surface area (Å²) < 4.78 is 12.9. The van der Waals surface area contributed by atoms with Crippen LogP contribution in [0.1, 0.15) is 56.1 Å². The lowest BCUT2D eigenvalue weighted by Crippen LogP contribution is -2.24. The van der Waals surface area contributed by atoms with Crippen LogP contribution in [0.5, 0.6) is 5.75 Å². The van der Waals surface area contributed by atoms with E-state index in [-0.39, 0.29) is 6.10 Å². The molecule has 0 amide bonds. The van der Waals surface area contributed by atoms with Gasteiger partial charge in [-0.1, -0.05) is 24.3 Å². The average molecular weight is 556 g/mol. The maximum Gasteiger partial charge on any atom is 0.341 e. The second-order valence-corrected chi connectivity index (χ2v) is 10.6. The van der Waals surface area contributed by atoms with Crippen molar-refractivity contribution >= 4 is 55.7 Å². The number of thioether (sulfide) groups is 1. The topological polar surface area (TPSA) is 35.5 Å². The zero-order chi connectivity index (χ0) is 22.5. The third-order valence-corrected chi connectivity index (χ3v) is 6.09. The summed E-state index contributed by atoms with van der Waals surface area (Å²) in [6.45, 7) is 9.47. The van der Waals surface area contributed by atoms with Gasteiger partial charge in [0.05, 0.1) is 16.1 Å². The summed E-state index contributed by atoms with van der Waals surface area (Å²) in [5.41, 5.74) is 1.96. The van der Waals surface area contributed by atoms with Crippen molar-refractivity contribution in [1.82, 2.24) is 0 Å². The van der Waals surface area contributed by atoms with Crippen LogP contribution in [0.4, 0.5) is 0 Å². The quantitative estimate of drug-likeness (QED) is 0.256. The minimum atomic E-state index is -0.584. The van der Waals surface area contributed by atoms with Crippen molar-refractivity contribution < 1.29 is 14.3 Å². The normalized spacial score (nSPS) is 11.9. The van der Waals surface area contributed by atoms with Crippen LogP contribution in [0, 0.1) is 0 Å². The van der Waals surface area contributed by atoms with Crippen LogP contribution in [-0.2, 0) is 11.2 Å². The van der Waals surface area contributed by atoms with Crippen molar-refractivity contribution in [2.75, 3.05) is 6.26 Å². The zero-order valence-electron chi connectivity index (χ0n) is 18.2. The lowest BCUT2D eigenvalue weighted by Gasteiger charge is -2.22. The summed E-state index contributed by atoms with van der Waals surface area (Å²) in [5, 5.41) is 0. The minimum absolute atomic E-state index is 0.0415. The van der Waals surface area contributed by atoms with Gasteiger partial charge in [0.2, 0.25) is 0 Å². The molecule has 0 saturated heterocycles. The number of carbonyl (C=O) groups excluding carboxylic acids is 1. The van der Waals surface area contributed by atoms with E-state index in [2.05, 4.69) is 68.5 Å². The van der Waals surface area contributed by atoms with E-state index in [1.54, 1.807) is 11.8 Å². The monoisotopic (exact) mass is 554 g/mol. The van der Waals surface area contributed by atoms with Gasteiger partial charge in [0, 0.05) is 14.9 Å². The predicted octanol–water partition coefficient (Wildman–Crippen LogP) is 7.93. The van der Waals surface area contributed by atoms with Crippen molar-refractivity contribution in [3.8, 4) is 5.75 Å². The van der Waals surface area contributed by atoms with E-state index in [1.807, 2.05) is 46.8 Å². The van der Waals surface area contributed by atoms with Gasteiger partial charge in [-0.2, -0.15) is 0 Å². The van der Waals surface area contributed by atoms with Gasteiger partial charge < -0.3 is 9.47 Å². The number of ether oxygens (including phenoxy) is 2. The van der Waals surface area contributed by atoms with E-state index < -0.39 is 11.6 Å². The Balaban J connectivity index is 2.36. The molecule has 0 aliphatic carbocycles. The molecule has 0 radical (unpaired) electrons. The summed E-state index contributed by atoms with van der Waals surface area (Å²) >= 11 is 8.85. The fraction of sp³-hybridized carbons (Fsp3) is 0.375. The van der Waals surface area contributed by atoms with E-state index in [0.717, 1.165) is 12.0 Å². The van der Waals surface area contributed by atoms with Gasteiger partial charge in [-0.25, -0.2) is 4.79 Å². The van der Waals surface area contributed by atoms with Crippen molar-refractivity contribution in [3.05, 3.63) is 62.0 Å². The van der Waals surface area contributed by atoms with Crippen LogP contribution in [-0.4, -0.2) is 23.9 Å². The second kappa shape index (κ2) is 10.9. The highest BCUT2D eigenvalue weighted by molar-refractivity contribution is 9.11. The number of rotatable bonds is 7. The molecule has 0 spiro atoms. The molecule has 2 rings (SSSR count). The minimum Gasteiger partial charge on any atom is -0.489 e. The molecule has 3 nitrogen and oxygen atoms in total. The Labute approximate surface area is 200 Å². The molecule has 0 atom stereocenters. The van der Waals surface area contributed by atoms with Gasteiger partial charge in [-0.3, -0.25) is 0 Å². The fourth-order valence-corrected chi connectivity index (χ4v) is 4.68. The van der Waals surface area contributed by atoms with E-state index >= 15 is 0 Å². The van der Waals surface area contributed by atoms with Crippen LogP contribution in [0.3, 0.4) is 0 Å². The van der Waals surface area contributed by atoms with Crippen LogP contribution < -0.4 is 4.74 Å². The van der Waals surface area contributed by atoms with Gasteiger partial charge in [-0.05, 0) is 103 Å². The van der Waals surface area contributed by atoms with E-state index in [4.69, 9.17) is 9.47 Å². The van der Waals surface area contributed by atoms with Gasteiger partial charge in [0.1, 0.15) is 11.4 Å². The maximum absolute atomic E-state index is 12.7. The summed E-state index contributed by atoms with van der Waals surface area (Å²) in [4.78, 5) is 14.0. The zero-order valence-corrected chi connectivity index (χ0v) is 22.2. The first-order valence-corrected chi connectivity index (χ1v) is 12.5. The SMILES string of the molecule is CSc1ccc(CC=Cc2cc(Br)c(C(=O)OC(C)(C)C)c(Br)c2OC(C)C)cc1. The lowest BCUT2D eigenvalue weighted by atomic mass is 10.1. The van der Waals surface area contributed by atoms with E-state index in [9.17, 15) is 4.79 Å². The first kappa shape index (κ1) is 25.0. The van der Waals surface area contributed by atoms with E-state index in [0.29, 0.717) is 20.3 Å². The molecular formula is C24H28Br2O3S. The van der Waals surface area contributed by atoms with Crippen LogP contribution >= 0.6 is 43.6 Å². The van der Waals surface area contributed by atoms with E-state index in [1.165, 1.54) is 10.5 Å². The number of esters is 1. The largest absolute Gasteiger partial charge is 0.489 e. The first-order chi connectivity index (χ1) is 14.0. The highest BCUT2D eigenvalue weighted by Crippen LogP contribution is 2.39. The summed E-state index contributed by atoms with van der Waals surface area (Å²) in [6.07, 6.45) is 6.96. The number of hydrogen-bond acceptors (Lipinski definition) is 4. The Kier molecular flexibility index (Phi) is 9.07. The van der Waals surface area contributed by atoms with Crippen molar-refractivity contribution in [1.29, 1.82) is 0 Å². The van der Waals surface area contributed by atoms with Crippen LogP contribution in [0.2, 0.25) is 0 Å². The predicted molar refractivity (Wildman–Crippen MR) is 134 cm³/mol. The summed E-state index contributed by atoms with van der Waals surface area (Å²) in [5.74, 6) is 0.224. The summed E-state index contributed by atoms with van der Waals surface area (Å²) in [6, 6.07) is 10.4. The van der Waals surface area contributed by atoms with Crippen LogP contribution in [0.15, 0.2) is 50.2 Å². The molecule has 2 aromatic rings. The molecule has 2 aromatic carbocycles. The molecule has 30 heavy (non-hydrogen) atoms. The molecule has 0 N–H and O–H groups in total. The average Bonchev–Trinajstić information content (AvgIpc) is 2.63. The first-order valence-electron chi connectivity index (χ1n) is 9.73. The standard InChI is InChI=1S/C24H28Br2O3S/c1-15(2)28-22-17(9-7-8-16-10-12-18(30-6)13-11-16)14-19(25)20(21(22)26)23(27)29-24(3,4)5/h7,9-15H,8H2,1-6H3. The van der Waals surface area contributed by atoms with Crippen molar-refractivity contribution in [2.24, 2.45) is 0 Å². The molecule has 0 heterocycles. The van der Waals surface area contributed by atoms with Gasteiger partial charge in [0.25, 0.3) is 0 Å². The Hall–Kier alpha value is -1.24. The lowest BCUT2D eigenvalue weighted by molar-refractivity contribution is 0.00666. The molecule has 0 aliphatic heterocycles.